The normalized spacial score (nSPS) is 14.7. The summed E-state index contributed by atoms with van der Waals surface area (Å²) >= 11 is 0. The van der Waals surface area contributed by atoms with E-state index >= 15 is 0 Å². The summed E-state index contributed by atoms with van der Waals surface area (Å²) in [6.07, 6.45) is 115. The lowest BCUT2D eigenvalue weighted by Gasteiger charge is -2.21. The van der Waals surface area contributed by atoms with Crippen molar-refractivity contribution >= 4 is 33.6 Å². The van der Waals surface area contributed by atoms with Gasteiger partial charge in [-0.3, -0.25) is 32.5 Å². The summed E-state index contributed by atoms with van der Waals surface area (Å²) < 4.78 is 61.4. The number of hydrogen-bond donors (Lipinski definition) is 4. The zero-order chi connectivity index (χ0) is 83.6. The third kappa shape index (κ3) is 89.3. The van der Waals surface area contributed by atoms with Crippen molar-refractivity contribution in [3.05, 3.63) is 182 Å². The standard InChI is InChI=1S/C97H162O16P2/c1-4-7-10-13-16-19-22-25-28-31-34-37-40-41-42-43-44-45-46-47-48-49-52-54-56-59-62-65-68-71-74-77-80-83-95(100)107-86-92(98)87-109-114(103,104)110-88-93(99)89-111-115(105,106)112-91-94(113-97(102)85-82-79-76-73-70-67-64-61-58-55-51-39-36-33-30-27-24-21-18-15-12-9-6-3)90-108-96(101)84-81-78-75-72-69-66-63-60-57-53-50-38-35-32-29-26-23-20-17-14-11-8-5-2/h8-9,11-12,16-21,25-30,34-39,41-42,53,55,57-58,63,66,92-94,98-99H,4-7,10,13-15,22-24,31-33,40,43-52,54,56,59-62,64-65,67-91H2,1-3H3,(H,103,104)(H,105,106)/b11-8-,12-9-,19-16-,20-17-,21-18-,28-25-,29-26-,30-27-,37-34-,38-35-,39-36-,42-41-,57-53-,58-55-,66-63-. The van der Waals surface area contributed by atoms with E-state index in [4.69, 9.17) is 32.3 Å². The first-order chi connectivity index (χ1) is 56.2. The lowest BCUT2D eigenvalue weighted by molar-refractivity contribution is -0.161. The Morgan fingerprint density at radius 2 is 0.461 bits per heavy atom. The van der Waals surface area contributed by atoms with E-state index in [1.807, 2.05) is 0 Å². The SMILES string of the molecule is CC/C=C\C/C=C\C/C=C\C/C=C\C/C=C\C/C=C\CCCCCCC(=O)OCC(COP(=O)(O)OCC(O)COP(=O)(O)OCC(O)COC(=O)CCCCCCCCCCCCCCCCCCC/C=C\C/C=C\C/C=C\C/C=C\CCCCC)OC(=O)CCCCCCCCC/C=C\C/C=C\C/C=C\C/C=C\C/C=C\CC. The highest BCUT2D eigenvalue weighted by atomic mass is 31.2. The van der Waals surface area contributed by atoms with Crippen LogP contribution < -0.4 is 0 Å². The molecule has 0 fully saturated rings. The van der Waals surface area contributed by atoms with Crippen LogP contribution in [0.2, 0.25) is 0 Å². The van der Waals surface area contributed by atoms with Crippen LogP contribution in [0.4, 0.5) is 0 Å². The van der Waals surface area contributed by atoms with Gasteiger partial charge >= 0.3 is 33.6 Å². The molecule has 18 heteroatoms. The van der Waals surface area contributed by atoms with E-state index in [0.29, 0.717) is 19.3 Å². The highest BCUT2D eigenvalue weighted by Gasteiger charge is 2.29. The predicted molar refractivity (Wildman–Crippen MR) is 481 cm³/mol. The second-order valence-electron chi connectivity index (χ2n) is 29.6. The van der Waals surface area contributed by atoms with E-state index in [0.717, 1.165) is 180 Å². The molecule has 0 aromatic rings. The molecule has 0 bridgehead atoms. The molecule has 5 unspecified atom stereocenters. The third-order valence-electron chi connectivity index (χ3n) is 18.6. The fourth-order valence-corrected chi connectivity index (χ4v) is 13.4. The summed E-state index contributed by atoms with van der Waals surface area (Å²) in [5.74, 6) is -1.62. The van der Waals surface area contributed by atoms with Crippen molar-refractivity contribution in [1.29, 1.82) is 0 Å². The van der Waals surface area contributed by atoms with Crippen molar-refractivity contribution in [2.75, 3.05) is 39.6 Å². The number of ether oxygens (including phenoxy) is 3. The van der Waals surface area contributed by atoms with E-state index in [-0.39, 0.29) is 19.3 Å². The van der Waals surface area contributed by atoms with Gasteiger partial charge in [0.1, 0.15) is 25.4 Å². The third-order valence-corrected chi connectivity index (χ3v) is 20.5. The van der Waals surface area contributed by atoms with Crippen molar-refractivity contribution in [3.8, 4) is 0 Å². The zero-order valence-corrected chi connectivity index (χ0v) is 73.9. The summed E-state index contributed by atoms with van der Waals surface area (Å²) in [7, 11) is -9.83. The van der Waals surface area contributed by atoms with E-state index < -0.39 is 91.5 Å². The maximum absolute atomic E-state index is 13.1. The minimum atomic E-state index is -4.96. The number of hydrogen-bond acceptors (Lipinski definition) is 14. The van der Waals surface area contributed by atoms with Crippen LogP contribution in [0.25, 0.3) is 0 Å². The van der Waals surface area contributed by atoms with Crippen LogP contribution in [-0.2, 0) is 55.8 Å². The highest BCUT2D eigenvalue weighted by Crippen LogP contribution is 2.45. The summed E-state index contributed by atoms with van der Waals surface area (Å²) in [6.45, 7) is 2.40. The Balaban J connectivity index is 4.61. The van der Waals surface area contributed by atoms with Crippen LogP contribution in [-0.4, -0.2) is 95.9 Å². The van der Waals surface area contributed by atoms with E-state index in [2.05, 4.69) is 203 Å². The predicted octanol–water partition coefficient (Wildman–Crippen LogP) is 27.7. The Bertz CT molecular complexity index is 2820. The number of esters is 3. The molecule has 0 heterocycles. The molecule has 0 saturated carbocycles. The molecule has 0 aromatic carbocycles. The van der Waals surface area contributed by atoms with Gasteiger partial charge in [-0.2, -0.15) is 0 Å². The molecule has 0 aliphatic carbocycles. The molecule has 16 nitrogen and oxygen atoms in total. The van der Waals surface area contributed by atoms with Gasteiger partial charge in [0.05, 0.1) is 26.4 Å². The lowest BCUT2D eigenvalue weighted by atomic mass is 10.0. The van der Waals surface area contributed by atoms with Crippen LogP contribution in [0, 0.1) is 0 Å². The minimum absolute atomic E-state index is 0.0785. The molecule has 115 heavy (non-hydrogen) atoms. The molecule has 0 saturated heterocycles. The van der Waals surface area contributed by atoms with Crippen molar-refractivity contribution < 1.29 is 75.8 Å². The second-order valence-corrected chi connectivity index (χ2v) is 32.5. The molecule has 5 atom stereocenters. The van der Waals surface area contributed by atoms with Gasteiger partial charge in [0.15, 0.2) is 6.10 Å². The molecular weight excluding hydrogens is 1480 g/mol. The average molecular weight is 1650 g/mol. The van der Waals surface area contributed by atoms with Crippen molar-refractivity contribution in [2.24, 2.45) is 0 Å². The molecule has 0 aliphatic heterocycles. The Morgan fingerprint density at radius 1 is 0.252 bits per heavy atom. The van der Waals surface area contributed by atoms with Crippen LogP contribution >= 0.6 is 15.6 Å². The Hall–Kier alpha value is -5.35. The quantitative estimate of drug-likeness (QED) is 0.0146. The number of aliphatic hydroxyl groups is 2. The number of unbranched alkanes of at least 4 members (excludes halogenated alkanes) is 31. The molecule has 0 radical (unpaired) electrons. The molecule has 0 spiro atoms. The minimum Gasteiger partial charge on any atom is -0.463 e. The van der Waals surface area contributed by atoms with Crippen molar-refractivity contribution in [2.45, 2.75) is 373 Å². The van der Waals surface area contributed by atoms with Gasteiger partial charge in [0.2, 0.25) is 0 Å². The monoisotopic (exact) mass is 1650 g/mol. The average Bonchev–Trinajstić information content (AvgIpc) is 1.07. The second kappa shape index (κ2) is 87.9. The maximum atomic E-state index is 13.1. The Labute approximate surface area is 700 Å². The number of rotatable bonds is 84. The summed E-state index contributed by atoms with van der Waals surface area (Å²) in [4.78, 5) is 58.9. The summed E-state index contributed by atoms with van der Waals surface area (Å²) in [6, 6.07) is 0. The molecule has 0 amide bonds. The number of carbonyl (C=O) groups excluding carboxylic acids is 3. The molecule has 0 aromatic heterocycles. The Morgan fingerprint density at radius 3 is 0.730 bits per heavy atom. The molecular formula is C97H162O16P2. The number of phosphoric ester groups is 2. The number of phosphoric acid groups is 2. The van der Waals surface area contributed by atoms with Gasteiger partial charge < -0.3 is 34.2 Å². The largest absolute Gasteiger partial charge is 0.472 e. The molecule has 4 N–H and O–H groups in total. The zero-order valence-electron chi connectivity index (χ0n) is 72.1. The van der Waals surface area contributed by atoms with Gasteiger partial charge in [-0.15, -0.1) is 0 Å². The molecule has 656 valence electrons. The first kappa shape index (κ1) is 110. The lowest BCUT2D eigenvalue weighted by Crippen LogP contribution is -2.30. The smallest absolute Gasteiger partial charge is 0.463 e. The molecule has 0 aliphatic rings. The van der Waals surface area contributed by atoms with Crippen LogP contribution in [0.3, 0.4) is 0 Å². The van der Waals surface area contributed by atoms with Crippen molar-refractivity contribution in [3.63, 3.8) is 0 Å². The number of allylic oxidation sites excluding steroid dienone is 30. The van der Waals surface area contributed by atoms with Crippen LogP contribution in [0.1, 0.15) is 355 Å². The molecule has 0 rings (SSSR count). The topological polar surface area (TPSA) is 231 Å². The van der Waals surface area contributed by atoms with Crippen LogP contribution in [0.15, 0.2) is 182 Å². The fourth-order valence-electron chi connectivity index (χ4n) is 11.8. The highest BCUT2D eigenvalue weighted by molar-refractivity contribution is 7.47. The number of aliphatic hydroxyl groups excluding tert-OH is 2. The van der Waals surface area contributed by atoms with Gasteiger partial charge in [0, 0.05) is 19.3 Å². The summed E-state index contributed by atoms with van der Waals surface area (Å²) in [5, 5.41) is 20.7. The van der Waals surface area contributed by atoms with Gasteiger partial charge in [-0.25, -0.2) is 9.13 Å². The first-order valence-electron chi connectivity index (χ1n) is 45.1. The maximum Gasteiger partial charge on any atom is 0.472 e. The Kier molecular flexibility index (Phi) is 83.9. The van der Waals surface area contributed by atoms with Gasteiger partial charge in [-0.05, 0) is 161 Å². The number of carbonyl (C=O) groups is 3. The summed E-state index contributed by atoms with van der Waals surface area (Å²) in [5.41, 5.74) is 0. The first-order valence-corrected chi connectivity index (χ1v) is 48.1. The fraction of sp³-hybridized carbons (Fsp3) is 0.660. The van der Waals surface area contributed by atoms with E-state index in [1.165, 1.54) is 116 Å². The van der Waals surface area contributed by atoms with E-state index in [1.54, 1.807) is 0 Å². The van der Waals surface area contributed by atoms with E-state index in [9.17, 15) is 43.5 Å². The van der Waals surface area contributed by atoms with Crippen LogP contribution in [0.5, 0.6) is 0 Å². The van der Waals surface area contributed by atoms with Gasteiger partial charge in [-0.1, -0.05) is 357 Å². The van der Waals surface area contributed by atoms with Crippen molar-refractivity contribution in [1.82, 2.24) is 0 Å². The van der Waals surface area contributed by atoms with Gasteiger partial charge in [0.25, 0.3) is 0 Å².